The van der Waals surface area contributed by atoms with Gasteiger partial charge in [-0.1, -0.05) is 29.8 Å². The summed E-state index contributed by atoms with van der Waals surface area (Å²) in [5, 5.41) is 0.327. The molecular formula is C18H12Br2ClN3O3S. The maximum atomic E-state index is 12.4. The molecule has 28 heavy (non-hydrogen) atoms. The van der Waals surface area contributed by atoms with Gasteiger partial charge in [-0.25, -0.2) is 18.4 Å². The number of nitrogens with zero attached hydrogens (tertiary/aromatic N) is 3. The van der Waals surface area contributed by atoms with Crippen molar-refractivity contribution in [1.82, 2.24) is 9.55 Å². The molecular weight excluding hydrogens is 534 g/mol. The molecule has 1 aliphatic heterocycles. The van der Waals surface area contributed by atoms with Crippen LogP contribution < -0.4 is 0 Å². The number of halogens is 3. The number of alkyl halides is 2. The van der Waals surface area contributed by atoms with Crippen LogP contribution in [0.4, 0.5) is 5.69 Å². The molecule has 0 unspecified atom stereocenters. The number of sulfone groups is 1. The minimum atomic E-state index is -3.58. The number of ether oxygens (including phenoxy) is 1. The van der Waals surface area contributed by atoms with Crippen LogP contribution in [0.15, 0.2) is 64.7 Å². The first kappa shape index (κ1) is 19.6. The summed E-state index contributed by atoms with van der Waals surface area (Å²) in [7, 11) is -3.58. The van der Waals surface area contributed by atoms with Crippen molar-refractivity contribution in [3.05, 3.63) is 71.0 Å². The SMILES string of the molecule is CS(=O)(=O)c1ccc(C2=Nc3ccccc3C(Br)(Br)O2)n1-c1ncccc1Cl. The lowest BCUT2D eigenvalue weighted by Crippen LogP contribution is -2.26. The maximum Gasteiger partial charge on any atom is 0.247 e. The number of aromatic nitrogens is 2. The van der Waals surface area contributed by atoms with E-state index in [4.69, 9.17) is 16.3 Å². The number of hydrogen-bond acceptors (Lipinski definition) is 5. The van der Waals surface area contributed by atoms with E-state index in [9.17, 15) is 8.42 Å². The van der Waals surface area contributed by atoms with Crippen molar-refractivity contribution in [2.75, 3.05) is 6.26 Å². The average molecular weight is 546 g/mol. The lowest BCUT2D eigenvalue weighted by molar-refractivity contribution is 0.256. The maximum absolute atomic E-state index is 12.4. The predicted molar refractivity (Wildman–Crippen MR) is 115 cm³/mol. The van der Waals surface area contributed by atoms with Crippen LogP contribution >= 0.6 is 43.5 Å². The molecule has 3 heterocycles. The molecule has 0 spiro atoms. The highest BCUT2D eigenvalue weighted by atomic mass is 79.9. The number of pyridine rings is 1. The van der Waals surface area contributed by atoms with Crippen molar-refractivity contribution in [1.29, 1.82) is 0 Å². The van der Waals surface area contributed by atoms with Gasteiger partial charge in [0.25, 0.3) is 0 Å². The summed E-state index contributed by atoms with van der Waals surface area (Å²) in [6.45, 7) is 0. The Hall–Kier alpha value is -1.68. The molecule has 0 saturated heterocycles. The molecule has 0 saturated carbocycles. The summed E-state index contributed by atoms with van der Waals surface area (Å²) in [6, 6.07) is 13.8. The van der Waals surface area contributed by atoms with Gasteiger partial charge in [0.05, 0.1) is 10.7 Å². The summed E-state index contributed by atoms with van der Waals surface area (Å²) in [5.74, 6) is 0.480. The van der Waals surface area contributed by atoms with Crippen LogP contribution in [0.3, 0.4) is 0 Å². The topological polar surface area (TPSA) is 73.6 Å². The number of rotatable bonds is 3. The van der Waals surface area contributed by atoms with Crippen LogP contribution in [0.25, 0.3) is 5.82 Å². The lowest BCUT2D eigenvalue weighted by Gasteiger charge is -2.29. The van der Waals surface area contributed by atoms with E-state index >= 15 is 0 Å². The quantitative estimate of drug-likeness (QED) is 0.437. The smallest absolute Gasteiger partial charge is 0.247 e. The minimum Gasteiger partial charge on any atom is -0.443 e. The van der Waals surface area contributed by atoms with Gasteiger partial charge < -0.3 is 4.74 Å². The zero-order valence-electron chi connectivity index (χ0n) is 14.3. The van der Waals surface area contributed by atoms with Gasteiger partial charge in [0.15, 0.2) is 15.7 Å². The van der Waals surface area contributed by atoms with Crippen molar-refractivity contribution in [3.8, 4) is 5.82 Å². The number of hydrogen-bond donors (Lipinski definition) is 0. The van der Waals surface area contributed by atoms with E-state index in [2.05, 4.69) is 41.8 Å². The lowest BCUT2D eigenvalue weighted by atomic mass is 10.2. The molecule has 1 aliphatic rings. The fourth-order valence-corrected chi connectivity index (χ4v) is 4.89. The zero-order chi connectivity index (χ0) is 20.1. The Bertz CT molecular complexity index is 1220. The van der Waals surface area contributed by atoms with Crippen LogP contribution in [0.1, 0.15) is 11.3 Å². The van der Waals surface area contributed by atoms with E-state index < -0.39 is 13.3 Å². The molecule has 0 amide bonds. The van der Waals surface area contributed by atoms with Gasteiger partial charge in [-0.2, -0.15) is 0 Å². The second-order valence-corrected chi connectivity index (χ2v) is 11.7. The van der Waals surface area contributed by atoms with Gasteiger partial charge in [-0.3, -0.25) is 4.57 Å². The summed E-state index contributed by atoms with van der Waals surface area (Å²) >= 11 is 13.3. The summed E-state index contributed by atoms with van der Waals surface area (Å²) in [6.07, 6.45) is 2.66. The highest BCUT2D eigenvalue weighted by molar-refractivity contribution is 9.24. The molecule has 1 aromatic carbocycles. The number of fused-ring (bicyclic) bond motifs is 1. The van der Waals surface area contributed by atoms with Crippen LogP contribution in [-0.2, 0) is 18.0 Å². The molecule has 0 atom stereocenters. The highest BCUT2D eigenvalue weighted by Gasteiger charge is 2.37. The van der Waals surface area contributed by atoms with Gasteiger partial charge in [0, 0.05) is 18.0 Å². The van der Waals surface area contributed by atoms with Crippen molar-refractivity contribution < 1.29 is 13.2 Å². The molecule has 2 aromatic heterocycles. The zero-order valence-corrected chi connectivity index (χ0v) is 19.0. The highest BCUT2D eigenvalue weighted by Crippen LogP contribution is 2.47. The van der Waals surface area contributed by atoms with Crippen molar-refractivity contribution in [3.63, 3.8) is 0 Å². The molecule has 0 N–H and O–H groups in total. The fourth-order valence-electron chi connectivity index (χ4n) is 2.87. The predicted octanol–water partition coefficient (Wildman–Crippen LogP) is 4.94. The average Bonchev–Trinajstić information content (AvgIpc) is 3.07. The molecule has 6 nitrogen and oxygen atoms in total. The van der Waals surface area contributed by atoms with Gasteiger partial charge >= 0.3 is 0 Å². The van der Waals surface area contributed by atoms with Crippen LogP contribution in [-0.4, -0.2) is 30.1 Å². The minimum absolute atomic E-state index is 0.0306. The van der Waals surface area contributed by atoms with E-state index in [-0.39, 0.29) is 16.7 Å². The monoisotopic (exact) mass is 543 g/mol. The Balaban J connectivity index is 1.99. The molecule has 144 valence electrons. The van der Waals surface area contributed by atoms with Gasteiger partial charge in [0.1, 0.15) is 10.7 Å². The summed E-state index contributed by atoms with van der Waals surface area (Å²) in [4.78, 5) is 8.83. The number of benzene rings is 1. The molecule has 0 fully saturated rings. The molecule has 0 radical (unpaired) electrons. The molecule has 3 aromatic rings. The van der Waals surface area contributed by atoms with Crippen LogP contribution in [0, 0.1) is 0 Å². The second kappa shape index (κ2) is 6.98. The first-order valence-electron chi connectivity index (χ1n) is 7.96. The molecule has 10 heteroatoms. The van der Waals surface area contributed by atoms with Crippen LogP contribution in [0.2, 0.25) is 5.02 Å². The van der Waals surface area contributed by atoms with E-state index in [1.807, 2.05) is 24.3 Å². The Kier molecular flexibility index (Phi) is 4.89. The van der Waals surface area contributed by atoms with Crippen molar-refractivity contribution in [2.24, 2.45) is 4.99 Å². The Morgan fingerprint density at radius 3 is 2.57 bits per heavy atom. The van der Waals surface area contributed by atoms with E-state index in [1.165, 1.54) is 16.8 Å². The third-order valence-electron chi connectivity index (χ3n) is 4.06. The Morgan fingerprint density at radius 2 is 1.86 bits per heavy atom. The molecule has 0 aliphatic carbocycles. The largest absolute Gasteiger partial charge is 0.443 e. The normalized spacial score (nSPS) is 15.5. The number of aliphatic imine (C=N–C) groups is 1. The van der Waals surface area contributed by atoms with E-state index in [0.29, 0.717) is 16.4 Å². The van der Waals surface area contributed by atoms with Gasteiger partial charge in [0.2, 0.25) is 9.32 Å². The molecule has 4 rings (SSSR count). The first-order valence-corrected chi connectivity index (χ1v) is 11.8. The summed E-state index contributed by atoms with van der Waals surface area (Å²) in [5.41, 5.74) is 1.87. The van der Waals surface area contributed by atoms with E-state index in [1.54, 1.807) is 18.2 Å². The number of para-hydroxylation sites is 1. The van der Waals surface area contributed by atoms with Gasteiger partial charge in [-0.15, -0.1) is 0 Å². The summed E-state index contributed by atoms with van der Waals surface area (Å²) < 4.78 is 31.2. The van der Waals surface area contributed by atoms with Crippen molar-refractivity contribution >= 4 is 64.9 Å². The van der Waals surface area contributed by atoms with E-state index in [0.717, 1.165) is 11.8 Å². The third-order valence-corrected chi connectivity index (χ3v) is 6.61. The first-order chi connectivity index (χ1) is 13.2. The Labute approximate surface area is 183 Å². The third kappa shape index (κ3) is 3.41. The fraction of sp³-hybridized carbons (Fsp3) is 0.111. The van der Waals surface area contributed by atoms with Gasteiger partial charge in [-0.05, 0) is 62.2 Å². The van der Waals surface area contributed by atoms with Crippen LogP contribution in [0.5, 0.6) is 0 Å². The standard InChI is InChI=1S/C18H12Br2ClN3O3S/c1-28(25,26)15-9-8-14(24(15)16-12(21)6-4-10-22-16)17-23-13-7-3-2-5-11(13)18(19,20)27-17/h2-10H,1H3. The molecule has 0 bridgehead atoms. The van der Waals surface area contributed by atoms with Crippen molar-refractivity contribution in [2.45, 2.75) is 8.45 Å². The Morgan fingerprint density at radius 1 is 1.11 bits per heavy atom. The second-order valence-electron chi connectivity index (χ2n) is 6.03.